The quantitative estimate of drug-likeness (QED) is 0.641. The number of aromatic nitrogens is 1. The van der Waals surface area contributed by atoms with Gasteiger partial charge in [-0.1, -0.05) is 35.0 Å². The number of ether oxygens (including phenoxy) is 1. The van der Waals surface area contributed by atoms with Crippen molar-refractivity contribution in [1.82, 2.24) is 15.4 Å². The molecule has 1 N–H and O–H groups in total. The van der Waals surface area contributed by atoms with Crippen molar-refractivity contribution in [3.05, 3.63) is 52.9 Å². The van der Waals surface area contributed by atoms with Crippen LogP contribution in [0.1, 0.15) is 24.1 Å². The van der Waals surface area contributed by atoms with Gasteiger partial charge in [0.1, 0.15) is 12.0 Å². The van der Waals surface area contributed by atoms with Gasteiger partial charge in [-0.25, -0.2) is 0 Å². The third-order valence-electron chi connectivity index (χ3n) is 4.94. The van der Waals surface area contributed by atoms with Gasteiger partial charge in [0.2, 0.25) is 0 Å². The zero-order chi connectivity index (χ0) is 18.4. The first kappa shape index (κ1) is 18.7. The Morgan fingerprint density at radius 1 is 1.31 bits per heavy atom. The minimum absolute atomic E-state index is 0.0682. The summed E-state index contributed by atoms with van der Waals surface area (Å²) >= 11 is 6.53. The molecule has 0 unspecified atom stereocenters. The third-order valence-corrected chi connectivity index (χ3v) is 5.27. The van der Waals surface area contributed by atoms with Gasteiger partial charge in [0.15, 0.2) is 5.96 Å². The molecule has 2 heterocycles. The van der Waals surface area contributed by atoms with Gasteiger partial charge >= 0.3 is 0 Å². The smallest absolute Gasteiger partial charge is 0.193 e. The topological polar surface area (TPSA) is 62.9 Å². The van der Waals surface area contributed by atoms with Gasteiger partial charge < -0.3 is 19.5 Å². The van der Waals surface area contributed by atoms with Crippen molar-refractivity contribution in [3.8, 4) is 0 Å². The minimum atomic E-state index is -0.0682. The number of halogens is 1. The molecule has 3 rings (SSSR count). The van der Waals surface area contributed by atoms with Gasteiger partial charge in [-0.05, 0) is 24.5 Å². The first-order chi connectivity index (χ1) is 12.6. The van der Waals surface area contributed by atoms with Crippen molar-refractivity contribution in [2.75, 3.05) is 33.9 Å². The van der Waals surface area contributed by atoms with Crippen LogP contribution in [0.5, 0.6) is 0 Å². The van der Waals surface area contributed by atoms with E-state index in [0.717, 1.165) is 49.3 Å². The van der Waals surface area contributed by atoms with E-state index in [2.05, 4.69) is 21.5 Å². The lowest BCUT2D eigenvalue weighted by atomic mass is 9.74. The van der Waals surface area contributed by atoms with E-state index in [1.165, 1.54) is 5.56 Å². The molecule has 0 bridgehead atoms. The SMILES string of the molecule is CN=C(NCC1(c2ccccc2Cl)CCOCC1)N(C)Cc1ccon1. The van der Waals surface area contributed by atoms with Crippen molar-refractivity contribution in [2.24, 2.45) is 4.99 Å². The Kier molecular flexibility index (Phi) is 6.16. The first-order valence-corrected chi connectivity index (χ1v) is 9.16. The Labute approximate surface area is 159 Å². The largest absolute Gasteiger partial charge is 0.381 e. The average Bonchev–Trinajstić information content (AvgIpc) is 3.16. The minimum Gasteiger partial charge on any atom is -0.381 e. The van der Waals surface area contributed by atoms with Crippen LogP contribution in [0.2, 0.25) is 5.02 Å². The molecular formula is C19H25ClN4O2. The summed E-state index contributed by atoms with van der Waals surface area (Å²) in [6.07, 6.45) is 3.43. The molecule has 0 radical (unpaired) electrons. The van der Waals surface area contributed by atoms with Crippen molar-refractivity contribution < 1.29 is 9.26 Å². The van der Waals surface area contributed by atoms with Crippen molar-refractivity contribution in [3.63, 3.8) is 0 Å². The summed E-state index contributed by atoms with van der Waals surface area (Å²) in [5, 5.41) is 8.29. The molecule has 7 heteroatoms. The van der Waals surface area contributed by atoms with Crippen LogP contribution in [-0.4, -0.2) is 49.9 Å². The van der Waals surface area contributed by atoms with E-state index in [0.29, 0.717) is 6.54 Å². The van der Waals surface area contributed by atoms with E-state index < -0.39 is 0 Å². The molecule has 0 aliphatic carbocycles. The molecule has 0 saturated carbocycles. The van der Waals surface area contributed by atoms with Crippen LogP contribution in [0.3, 0.4) is 0 Å². The zero-order valence-electron chi connectivity index (χ0n) is 15.2. The maximum absolute atomic E-state index is 6.53. The summed E-state index contributed by atoms with van der Waals surface area (Å²) in [6.45, 7) is 2.84. The van der Waals surface area contributed by atoms with Crippen LogP contribution >= 0.6 is 11.6 Å². The van der Waals surface area contributed by atoms with Crippen molar-refractivity contribution in [1.29, 1.82) is 0 Å². The molecule has 1 aliphatic rings. The summed E-state index contributed by atoms with van der Waals surface area (Å²) < 4.78 is 10.5. The van der Waals surface area contributed by atoms with Gasteiger partial charge in [0, 0.05) is 50.4 Å². The van der Waals surface area contributed by atoms with E-state index in [9.17, 15) is 0 Å². The molecule has 1 aromatic heterocycles. The van der Waals surface area contributed by atoms with E-state index in [1.807, 2.05) is 36.2 Å². The maximum atomic E-state index is 6.53. The lowest BCUT2D eigenvalue weighted by Gasteiger charge is -2.39. The monoisotopic (exact) mass is 376 g/mol. The second kappa shape index (κ2) is 8.56. The molecule has 2 aromatic rings. The molecule has 6 nitrogen and oxygen atoms in total. The molecule has 0 atom stereocenters. The molecule has 1 saturated heterocycles. The number of aliphatic imine (C=N–C) groups is 1. The zero-order valence-corrected chi connectivity index (χ0v) is 16.0. The van der Waals surface area contributed by atoms with Crippen LogP contribution in [0.25, 0.3) is 0 Å². The van der Waals surface area contributed by atoms with Gasteiger partial charge in [-0.2, -0.15) is 0 Å². The number of rotatable bonds is 5. The Morgan fingerprint density at radius 2 is 2.08 bits per heavy atom. The summed E-state index contributed by atoms with van der Waals surface area (Å²) in [4.78, 5) is 6.43. The fraction of sp³-hybridized carbons (Fsp3) is 0.474. The molecule has 0 spiro atoms. The van der Waals surface area contributed by atoms with Gasteiger partial charge in [0.25, 0.3) is 0 Å². The van der Waals surface area contributed by atoms with Gasteiger partial charge in [-0.3, -0.25) is 4.99 Å². The van der Waals surface area contributed by atoms with E-state index in [4.69, 9.17) is 20.9 Å². The average molecular weight is 377 g/mol. The Bertz CT molecular complexity index is 727. The number of benzene rings is 1. The molecule has 1 fully saturated rings. The molecule has 1 aliphatic heterocycles. The van der Waals surface area contributed by atoms with Crippen molar-refractivity contribution >= 4 is 17.6 Å². The van der Waals surface area contributed by atoms with Crippen LogP contribution < -0.4 is 5.32 Å². The number of nitrogens with one attached hydrogen (secondary N) is 1. The summed E-state index contributed by atoms with van der Waals surface area (Å²) in [7, 11) is 3.77. The normalized spacial score (nSPS) is 17.1. The number of hydrogen-bond acceptors (Lipinski definition) is 4. The first-order valence-electron chi connectivity index (χ1n) is 8.78. The molecule has 0 amide bonds. The maximum Gasteiger partial charge on any atom is 0.193 e. The highest BCUT2D eigenvalue weighted by Crippen LogP contribution is 2.38. The van der Waals surface area contributed by atoms with Gasteiger partial charge in [0.05, 0.1) is 6.54 Å². The number of guanidine groups is 1. The second-order valence-corrected chi connectivity index (χ2v) is 7.03. The highest BCUT2D eigenvalue weighted by Gasteiger charge is 2.36. The van der Waals surface area contributed by atoms with E-state index in [1.54, 1.807) is 13.3 Å². The Hall–Kier alpha value is -2.05. The molecule has 140 valence electrons. The van der Waals surface area contributed by atoms with Crippen LogP contribution in [-0.2, 0) is 16.7 Å². The predicted molar refractivity (Wildman–Crippen MR) is 103 cm³/mol. The summed E-state index contributed by atoms with van der Waals surface area (Å²) in [5.41, 5.74) is 1.97. The fourth-order valence-corrected chi connectivity index (χ4v) is 3.80. The highest BCUT2D eigenvalue weighted by molar-refractivity contribution is 6.31. The molecule has 26 heavy (non-hydrogen) atoms. The van der Waals surface area contributed by atoms with Gasteiger partial charge in [-0.15, -0.1) is 0 Å². The Balaban J connectivity index is 1.74. The third kappa shape index (κ3) is 4.19. The number of nitrogens with zero attached hydrogens (tertiary/aromatic N) is 3. The molecular weight excluding hydrogens is 352 g/mol. The highest BCUT2D eigenvalue weighted by atomic mass is 35.5. The fourth-order valence-electron chi connectivity index (χ4n) is 3.46. The Morgan fingerprint density at radius 3 is 2.73 bits per heavy atom. The lowest BCUT2D eigenvalue weighted by molar-refractivity contribution is 0.0512. The van der Waals surface area contributed by atoms with E-state index in [-0.39, 0.29) is 5.41 Å². The van der Waals surface area contributed by atoms with Crippen LogP contribution in [0.4, 0.5) is 0 Å². The van der Waals surface area contributed by atoms with Crippen LogP contribution in [0, 0.1) is 0 Å². The lowest BCUT2D eigenvalue weighted by Crippen LogP contribution is -2.48. The van der Waals surface area contributed by atoms with Crippen molar-refractivity contribution in [2.45, 2.75) is 24.8 Å². The van der Waals surface area contributed by atoms with E-state index >= 15 is 0 Å². The second-order valence-electron chi connectivity index (χ2n) is 6.62. The predicted octanol–water partition coefficient (Wildman–Crippen LogP) is 3.08. The standard InChI is InChI=1S/C19H25ClN4O2/c1-21-18(24(2)13-15-7-10-26-23-15)22-14-19(8-11-25-12-9-19)16-5-3-4-6-17(16)20/h3-7,10H,8-9,11-14H2,1-2H3,(H,21,22). The molecule has 1 aromatic carbocycles. The summed E-state index contributed by atoms with van der Waals surface area (Å²) in [5.74, 6) is 0.811. The summed E-state index contributed by atoms with van der Waals surface area (Å²) in [6, 6.07) is 9.95. The number of hydrogen-bond donors (Lipinski definition) is 1. The van der Waals surface area contributed by atoms with Crippen LogP contribution in [0.15, 0.2) is 46.1 Å².